The highest BCUT2D eigenvalue weighted by Gasteiger charge is 2.07. The number of hydrogen-bond acceptors (Lipinski definition) is 4. The summed E-state index contributed by atoms with van der Waals surface area (Å²) in [7, 11) is 1.42. The van der Waals surface area contributed by atoms with Gasteiger partial charge in [0.25, 0.3) is 0 Å². The molecule has 0 fully saturated rings. The number of pyridine rings is 1. The second-order valence-electron chi connectivity index (χ2n) is 3.86. The van der Waals surface area contributed by atoms with Crippen molar-refractivity contribution in [1.29, 1.82) is 0 Å². The van der Waals surface area contributed by atoms with Gasteiger partial charge in [0.1, 0.15) is 0 Å². The Balaban J connectivity index is 2.31. The maximum atomic E-state index is 13.3. The Hall–Kier alpha value is -2.30. The van der Waals surface area contributed by atoms with E-state index in [1.807, 2.05) is 13.0 Å². The summed E-state index contributed by atoms with van der Waals surface area (Å²) >= 11 is 0. The molecule has 5 heteroatoms. The number of nitrogens with one attached hydrogen (secondary N) is 1. The monoisotopic (exact) mass is 247 g/mol. The molecule has 0 saturated heterocycles. The molecule has 0 radical (unpaired) electrons. The van der Waals surface area contributed by atoms with E-state index in [1.54, 1.807) is 18.3 Å². The number of nitrogen functional groups attached to an aromatic ring is 1. The largest absolute Gasteiger partial charge is 0.494 e. The number of halogens is 1. The first-order valence-electron chi connectivity index (χ1n) is 5.43. The van der Waals surface area contributed by atoms with Gasteiger partial charge in [0, 0.05) is 18.0 Å². The predicted octanol–water partition coefficient (Wildman–Crippen LogP) is 2.86. The molecule has 18 heavy (non-hydrogen) atoms. The van der Waals surface area contributed by atoms with Crippen LogP contribution in [0.4, 0.5) is 21.6 Å². The van der Waals surface area contributed by atoms with Gasteiger partial charge in [-0.15, -0.1) is 0 Å². The number of hydrogen-bond donors (Lipinski definition) is 2. The normalized spacial score (nSPS) is 10.2. The lowest BCUT2D eigenvalue weighted by Gasteiger charge is -2.11. The van der Waals surface area contributed by atoms with Crippen molar-refractivity contribution in [2.75, 3.05) is 18.2 Å². The number of ether oxygens (including phenoxy) is 1. The molecule has 2 rings (SSSR count). The molecule has 3 N–H and O–H groups in total. The number of benzene rings is 1. The fraction of sp³-hybridized carbons (Fsp3) is 0.154. The van der Waals surface area contributed by atoms with Crippen LogP contribution in [0.5, 0.6) is 5.75 Å². The van der Waals surface area contributed by atoms with E-state index in [2.05, 4.69) is 10.3 Å². The van der Waals surface area contributed by atoms with Crippen molar-refractivity contribution >= 4 is 17.2 Å². The first-order chi connectivity index (χ1) is 8.61. The van der Waals surface area contributed by atoms with Crippen LogP contribution in [-0.4, -0.2) is 12.1 Å². The highest BCUT2D eigenvalue weighted by molar-refractivity contribution is 5.71. The molecule has 1 heterocycles. The smallest absolute Gasteiger partial charge is 0.165 e. The van der Waals surface area contributed by atoms with Crippen molar-refractivity contribution in [3.05, 3.63) is 41.8 Å². The molecule has 1 aromatic carbocycles. The van der Waals surface area contributed by atoms with Gasteiger partial charge in [-0.25, -0.2) is 9.37 Å². The zero-order valence-electron chi connectivity index (χ0n) is 10.2. The van der Waals surface area contributed by atoms with Crippen molar-refractivity contribution in [3.63, 3.8) is 0 Å². The molecule has 0 spiro atoms. The number of nitrogens with two attached hydrogens (primary N) is 1. The van der Waals surface area contributed by atoms with Crippen molar-refractivity contribution in [1.82, 2.24) is 4.98 Å². The van der Waals surface area contributed by atoms with Crippen LogP contribution in [0.3, 0.4) is 0 Å². The maximum absolute atomic E-state index is 13.3. The van der Waals surface area contributed by atoms with Crippen LogP contribution in [0.2, 0.25) is 0 Å². The molecule has 0 aliphatic heterocycles. The Labute approximate surface area is 105 Å². The van der Waals surface area contributed by atoms with Gasteiger partial charge >= 0.3 is 0 Å². The number of methoxy groups -OCH3 is 1. The molecule has 0 aliphatic rings. The minimum Gasteiger partial charge on any atom is -0.494 e. The van der Waals surface area contributed by atoms with Gasteiger partial charge in [0.2, 0.25) is 0 Å². The first kappa shape index (κ1) is 12.2. The van der Waals surface area contributed by atoms with Crippen LogP contribution >= 0.6 is 0 Å². The van der Waals surface area contributed by atoms with Gasteiger partial charge in [0.05, 0.1) is 12.8 Å². The maximum Gasteiger partial charge on any atom is 0.165 e. The molecule has 0 atom stereocenters. The van der Waals surface area contributed by atoms with Gasteiger partial charge in [0.15, 0.2) is 17.4 Å². The van der Waals surface area contributed by atoms with E-state index in [4.69, 9.17) is 10.5 Å². The summed E-state index contributed by atoms with van der Waals surface area (Å²) in [4.78, 5) is 4.14. The van der Waals surface area contributed by atoms with Crippen LogP contribution in [0.1, 0.15) is 5.56 Å². The minimum absolute atomic E-state index is 0.172. The molecule has 0 saturated carbocycles. The minimum atomic E-state index is -0.409. The van der Waals surface area contributed by atoms with E-state index >= 15 is 0 Å². The highest BCUT2D eigenvalue weighted by Crippen LogP contribution is 2.26. The average molecular weight is 247 g/mol. The SMILES string of the molecule is COc1cc(Nc2nccc(C)c2N)ccc1F. The molecule has 0 unspecified atom stereocenters. The van der Waals surface area contributed by atoms with Crippen molar-refractivity contribution < 1.29 is 9.13 Å². The number of aryl methyl sites for hydroxylation is 1. The lowest BCUT2D eigenvalue weighted by molar-refractivity contribution is 0.387. The molecule has 0 aliphatic carbocycles. The van der Waals surface area contributed by atoms with Crippen molar-refractivity contribution in [3.8, 4) is 5.75 Å². The summed E-state index contributed by atoms with van der Waals surface area (Å²) in [5.74, 6) is 0.308. The zero-order chi connectivity index (χ0) is 13.1. The summed E-state index contributed by atoms with van der Waals surface area (Å²) in [5, 5.41) is 3.03. The number of anilines is 3. The average Bonchev–Trinajstić information content (AvgIpc) is 2.37. The number of nitrogens with zero attached hydrogens (tertiary/aromatic N) is 1. The van der Waals surface area contributed by atoms with Crippen molar-refractivity contribution in [2.24, 2.45) is 0 Å². The second-order valence-corrected chi connectivity index (χ2v) is 3.86. The lowest BCUT2D eigenvalue weighted by atomic mass is 10.2. The molecular weight excluding hydrogens is 233 g/mol. The van der Waals surface area contributed by atoms with Crippen LogP contribution in [0.25, 0.3) is 0 Å². The van der Waals surface area contributed by atoms with E-state index in [0.717, 1.165) is 5.56 Å². The van der Waals surface area contributed by atoms with E-state index in [-0.39, 0.29) is 5.75 Å². The molecule has 4 nitrogen and oxygen atoms in total. The van der Waals surface area contributed by atoms with Gasteiger partial charge in [-0.05, 0) is 30.7 Å². The second kappa shape index (κ2) is 4.91. The summed E-state index contributed by atoms with van der Waals surface area (Å²) < 4.78 is 18.2. The molecule has 0 amide bonds. The quantitative estimate of drug-likeness (QED) is 0.875. The number of rotatable bonds is 3. The summed E-state index contributed by atoms with van der Waals surface area (Å²) in [6, 6.07) is 6.30. The lowest BCUT2D eigenvalue weighted by Crippen LogP contribution is -2.01. The van der Waals surface area contributed by atoms with Gasteiger partial charge in [-0.1, -0.05) is 0 Å². The fourth-order valence-electron chi connectivity index (χ4n) is 1.54. The molecule has 2 aromatic rings. The van der Waals surface area contributed by atoms with Gasteiger partial charge < -0.3 is 15.8 Å². The Morgan fingerprint density at radius 2 is 2.11 bits per heavy atom. The standard InChI is InChI=1S/C13H14FN3O/c1-8-5-6-16-13(12(8)15)17-9-3-4-10(14)11(7-9)18-2/h3-7H,15H2,1-2H3,(H,16,17). The third-order valence-electron chi connectivity index (χ3n) is 2.62. The van der Waals surface area contributed by atoms with Crippen LogP contribution in [0.15, 0.2) is 30.5 Å². The topological polar surface area (TPSA) is 60.2 Å². The predicted molar refractivity (Wildman–Crippen MR) is 69.6 cm³/mol. The summed E-state index contributed by atoms with van der Waals surface area (Å²) in [6.07, 6.45) is 1.66. The Bertz CT molecular complexity index is 572. The molecule has 1 aromatic heterocycles. The molecule has 94 valence electrons. The molecular formula is C13H14FN3O. The van der Waals surface area contributed by atoms with Crippen LogP contribution < -0.4 is 15.8 Å². The summed E-state index contributed by atoms with van der Waals surface area (Å²) in [6.45, 7) is 1.90. The Morgan fingerprint density at radius 3 is 2.83 bits per heavy atom. The van der Waals surface area contributed by atoms with E-state index in [1.165, 1.54) is 13.2 Å². The molecule has 0 bridgehead atoms. The van der Waals surface area contributed by atoms with Gasteiger partial charge in [-0.3, -0.25) is 0 Å². The fourth-order valence-corrected chi connectivity index (χ4v) is 1.54. The Kier molecular flexibility index (Phi) is 3.32. The van der Waals surface area contributed by atoms with Crippen molar-refractivity contribution in [2.45, 2.75) is 6.92 Å². The zero-order valence-corrected chi connectivity index (χ0v) is 10.2. The number of aromatic nitrogens is 1. The van der Waals surface area contributed by atoms with Crippen LogP contribution in [-0.2, 0) is 0 Å². The third kappa shape index (κ3) is 2.34. The van der Waals surface area contributed by atoms with Gasteiger partial charge in [-0.2, -0.15) is 0 Å². The first-order valence-corrected chi connectivity index (χ1v) is 5.43. The highest BCUT2D eigenvalue weighted by atomic mass is 19.1. The van der Waals surface area contributed by atoms with E-state index < -0.39 is 5.82 Å². The van der Waals surface area contributed by atoms with E-state index in [0.29, 0.717) is 17.2 Å². The summed E-state index contributed by atoms with van der Waals surface area (Å²) in [5.41, 5.74) is 8.07. The Morgan fingerprint density at radius 1 is 1.33 bits per heavy atom. The van der Waals surface area contributed by atoms with Crippen LogP contribution in [0, 0.1) is 12.7 Å². The van der Waals surface area contributed by atoms with E-state index in [9.17, 15) is 4.39 Å². The third-order valence-corrected chi connectivity index (χ3v) is 2.62.